The van der Waals surface area contributed by atoms with Gasteiger partial charge in [0.25, 0.3) is 0 Å². The molecule has 1 radical (unpaired) electrons. The molecule has 0 amide bonds. The van der Waals surface area contributed by atoms with Crippen molar-refractivity contribution in [3.05, 3.63) is 6.61 Å². The molecule has 0 bridgehead atoms. The molecule has 0 atom stereocenters. The molecule has 0 aromatic carbocycles. The van der Waals surface area contributed by atoms with E-state index in [0.717, 1.165) is 6.61 Å². The van der Waals surface area contributed by atoms with Gasteiger partial charge in [0.05, 0.1) is 0 Å². The first-order chi connectivity index (χ1) is 1.91. The summed E-state index contributed by atoms with van der Waals surface area (Å²) >= 11 is 4.88. The summed E-state index contributed by atoms with van der Waals surface area (Å²) in [5, 5.41) is 7.62. The molecular weight excluding hydrogens is 164 g/mol. The van der Waals surface area contributed by atoms with E-state index in [1.54, 1.807) is 0 Å². The summed E-state index contributed by atoms with van der Waals surface area (Å²) in [5.41, 5.74) is 0. The quantitative estimate of drug-likeness (QED) is 0.453. The number of alkyl halides is 1. The molecule has 1 nitrogen and oxygen atoms in total. The largest absolute Gasteiger partial charge is 0.565 e. The van der Waals surface area contributed by atoms with Gasteiger partial charge in [0.15, 0.2) is 0 Å². The Bertz CT molecular complexity index is 11.6. The second-order valence-electron chi connectivity index (χ2n) is 0.337. The van der Waals surface area contributed by atoms with E-state index in [0.29, 0.717) is 0 Å². The van der Waals surface area contributed by atoms with Crippen LogP contribution in [0.3, 0.4) is 0 Å². The van der Waals surface area contributed by atoms with E-state index < -0.39 is 0 Å². The monoisotopic (exact) mass is 168 g/mol. The van der Waals surface area contributed by atoms with Gasteiger partial charge in [0.2, 0.25) is 0 Å². The summed E-state index contributed by atoms with van der Waals surface area (Å²) in [6.45, 7) is 0.890. The third kappa shape index (κ3) is 10.9. The standard InChI is InChI=1S/C2H4ClO.Y/c3-1-2-4;/h2,4H,1H2;/q-1;. The topological polar surface area (TPSA) is 20.2 Å². The van der Waals surface area contributed by atoms with Gasteiger partial charge in [-0.1, -0.05) is 5.88 Å². The van der Waals surface area contributed by atoms with Crippen molar-refractivity contribution in [1.82, 2.24) is 0 Å². The molecule has 5 heavy (non-hydrogen) atoms. The number of hydrogen-bond donors (Lipinski definition) is 1. The fraction of sp³-hybridized carbons (Fsp3) is 0.500. The molecule has 0 heterocycles. The van der Waals surface area contributed by atoms with Crippen LogP contribution in [-0.4, -0.2) is 11.0 Å². The van der Waals surface area contributed by atoms with E-state index in [-0.39, 0.29) is 38.6 Å². The van der Waals surface area contributed by atoms with Crippen molar-refractivity contribution in [3.8, 4) is 0 Å². The van der Waals surface area contributed by atoms with Crippen molar-refractivity contribution >= 4 is 11.6 Å². The Morgan fingerprint density at radius 2 is 2.00 bits per heavy atom. The Labute approximate surface area is 61.6 Å². The zero-order valence-electron chi connectivity index (χ0n) is 2.69. The maximum Gasteiger partial charge on any atom is 0 e. The van der Waals surface area contributed by atoms with Gasteiger partial charge in [-0.2, -0.15) is 11.6 Å². The molecule has 0 spiro atoms. The van der Waals surface area contributed by atoms with Crippen LogP contribution >= 0.6 is 11.6 Å². The number of rotatable bonds is 1. The van der Waals surface area contributed by atoms with Gasteiger partial charge in [-0.15, -0.1) is 0 Å². The third-order valence-corrected chi connectivity index (χ3v) is 0.207. The Morgan fingerprint density at radius 1 is 1.80 bits per heavy atom. The van der Waals surface area contributed by atoms with Crippen molar-refractivity contribution < 1.29 is 37.8 Å². The number of aliphatic hydroxyl groups excluding tert-OH is 1. The van der Waals surface area contributed by atoms with Crippen molar-refractivity contribution in [3.63, 3.8) is 0 Å². The Morgan fingerprint density at radius 3 is 2.00 bits per heavy atom. The van der Waals surface area contributed by atoms with E-state index in [1.165, 1.54) is 0 Å². The van der Waals surface area contributed by atoms with Gasteiger partial charge in [0.1, 0.15) is 0 Å². The molecule has 29 valence electrons. The first-order valence-electron chi connectivity index (χ1n) is 0.934. The molecule has 0 aromatic rings. The SMILES string of the molecule is O[CH-]CCl.[Y]. The number of hydrogen-bond acceptors (Lipinski definition) is 1. The van der Waals surface area contributed by atoms with Gasteiger partial charge in [-0.3, -0.25) is 0 Å². The summed E-state index contributed by atoms with van der Waals surface area (Å²) in [7, 11) is 0. The fourth-order valence-corrected chi connectivity index (χ4v) is 0. The number of aliphatic hydroxyl groups is 1. The van der Waals surface area contributed by atoms with Crippen LogP contribution in [0.2, 0.25) is 0 Å². The van der Waals surface area contributed by atoms with Crippen LogP contribution in [0, 0.1) is 6.61 Å². The average molecular weight is 168 g/mol. The maximum atomic E-state index is 7.62. The average Bonchev–Trinajstić information content (AvgIpc) is 1.37. The Kier molecular flexibility index (Phi) is 17.3. The first-order valence-corrected chi connectivity index (χ1v) is 1.47. The van der Waals surface area contributed by atoms with Crippen LogP contribution in [0.15, 0.2) is 0 Å². The summed E-state index contributed by atoms with van der Waals surface area (Å²) in [5.74, 6) is 0.222. The van der Waals surface area contributed by atoms with Crippen LogP contribution in [0.25, 0.3) is 0 Å². The first kappa shape index (κ1) is 9.61. The summed E-state index contributed by atoms with van der Waals surface area (Å²) in [4.78, 5) is 0. The zero-order chi connectivity index (χ0) is 3.41. The normalized spacial score (nSPS) is 6.00. The molecule has 0 unspecified atom stereocenters. The number of halogens is 1. The molecule has 0 saturated carbocycles. The molecule has 3 heteroatoms. The molecule has 0 aromatic heterocycles. The smallest absolute Gasteiger partial charge is 0 e. The van der Waals surface area contributed by atoms with E-state index in [2.05, 4.69) is 0 Å². The molecule has 0 aliphatic heterocycles. The van der Waals surface area contributed by atoms with E-state index in [4.69, 9.17) is 16.7 Å². The van der Waals surface area contributed by atoms with Crippen LogP contribution in [0.4, 0.5) is 0 Å². The third-order valence-electron chi connectivity index (χ3n) is 0.0690. The van der Waals surface area contributed by atoms with Crippen LogP contribution in [0.5, 0.6) is 0 Å². The predicted octanol–water partition coefficient (Wildman–Crippen LogP) is 0.757. The molecule has 0 fully saturated rings. The summed E-state index contributed by atoms with van der Waals surface area (Å²) in [6, 6.07) is 0. The minimum Gasteiger partial charge on any atom is -0.565 e. The summed E-state index contributed by atoms with van der Waals surface area (Å²) < 4.78 is 0. The van der Waals surface area contributed by atoms with Gasteiger partial charge in [-0.25, -0.2) is 6.61 Å². The Hall–Kier alpha value is 1.35. The van der Waals surface area contributed by atoms with Gasteiger partial charge in [0, 0.05) is 32.7 Å². The van der Waals surface area contributed by atoms with E-state index in [9.17, 15) is 0 Å². The van der Waals surface area contributed by atoms with Gasteiger partial charge >= 0.3 is 0 Å². The van der Waals surface area contributed by atoms with Crippen molar-refractivity contribution in [1.29, 1.82) is 0 Å². The molecular formula is C2H4ClOY-. The van der Waals surface area contributed by atoms with Crippen molar-refractivity contribution in [2.75, 3.05) is 5.88 Å². The van der Waals surface area contributed by atoms with Gasteiger partial charge in [-0.05, 0) is 0 Å². The minimum atomic E-state index is 0. The molecule has 0 aliphatic carbocycles. The maximum absolute atomic E-state index is 7.62. The summed E-state index contributed by atoms with van der Waals surface area (Å²) in [6.07, 6.45) is 0. The van der Waals surface area contributed by atoms with E-state index in [1.807, 2.05) is 0 Å². The second kappa shape index (κ2) is 9.02. The fourth-order valence-electron chi connectivity index (χ4n) is 0. The van der Waals surface area contributed by atoms with E-state index >= 15 is 0 Å². The molecule has 0 saturated heterocycles. The zero-order valence-corrected chi connectivity index (χ0v) is 6.28. The minimum absolute atomic E-state index is 0. The second-order valence-corrected chi connectivity index (χ2v) is 0.645. The molecule has 0 aliphatic rings. The van der Waals surface area contributed by atoms with Crippen LogP contribution in [-0.2, 0) is 32.7 Å². The van der Waals surface area contributed by atoms with Crippen LogP contribution < -0.4 is 0 Å². The van der Waals surface area contributed by atoms with Crippen LogP contribution in [0.1, 0.15) is 0 Å². The van der Waals surface area contributed by atoms with Crippen molar-refractivity contribution in [2.24, 2.45) is 0 Å². The molecule has 0 rings (SSSR count). The van der Waals surface area contributed by atoms with Crippen molar-refractivity contribution in [2.45, 2.75) is 0 Å². The Balaban J connectivity index is 0. The predicted molar refractivity (Wildman–Crippen MR) is 17.0 cm³/mol. The van der Waals surface area contributed by atoms with Gasteiger partial charge < -0.3 is 5.11 Å². The molecule has 1 N–H and O–H groups in total.